The highest BCUT2D eigenvalue weighted by Crippen LogP contribution is 2.17. The summed E-state index contributed by atoms with van der Waals surface area (Å²) in [6, 6.07) is 7.68. The predicted octanol–water partition coefficient (Wildman–Crippen LogP) is 1.99. The third-order valence-corrected chi connectivity index (χ3v) is 5.25. The normalized spacial score (nSPS) is 18.8. The fourth-order valence-corrected chi connectivity index (χ4v) is 3.58. The Labute approximate surface area is 165 Å². The van der Waals surface area contributed by atoms with E-state index >= 15 is 0 Å². The van der Waals surface area contributed by atoms with Gasteiger partial charge < -0.3 is 14.4 Å². The van der Waals surface area contributed by atoms with Crippen molar-refractivity contribution in [1.82, 2.24) is 19.8 Å². The van der Waals surface area contributed by atoms with E-state index in [4.69, 9.17) is 9.47 Å². The molecule has 1 amide bonds. The number of carbonyl (C=O) groups excluding carboxylic acids is 1. The lowest BCUT2D eigenvalue weighted by Crippen LogP contribution is -2.48. The van der Waals surface area contributed by atoms with Crippen LogP contribution < -0.4 is 4.74 Å². The van der Waals surface area contributed by atoms with Crippen LogP contribution in [0.2, 0.25) is 0 Å². The standard InChI is InChI=1S/C21H26N4O3/c26-21(18-1-2-20(23-15-18)28-19-5-13-27-14-6-19)25-11-9-24(10-12-25)16-17-3-7-22-8-4-17/h1-4,7-8,15,19H,5-6,9-14,16H2. The van der Waals surface area contributed by atoms with Crippen molar-refractivity contribution in [2.24, 2.45) is 0 Å². The van der Waals surface area contributed by atoms with Gasteiger partial charge in [0.2, 0.25) is 5.88 Å². The van der Waals surface area contributed by atoms with Crippen LogP contribution in [0.25, 0.3) is 0 Å². The molecule has 148 valence electrons. The van der Waals surface area contributed by atoms with Crippen molar-refractivity contribution in [3.05, 3.63) is 54.0 Å². The molecule has 0 atom stereocenters. The van der Waals surface area contributed by atoms with Gasteiger partial charge in [0.25, 0.3) is 5.91 Å². The Hall–Kier alpha value is -2.51. The summed E-state index contributed by atoms with van der Waals surface area (Å²) in [5.41, 5.74) is 1.86. The molecule has 4 rings (SSSR count). The van der Waals surface area contributed by atoms with E-state index in [0.717, 1.165) is 58.8 Å². The lowest BCUT2D eigenvalue weighted by Gasteiger charge is -2.34. The lowest BCUT2D eigenvalue weighted by molar-refractivity contribution is 0.0237. The first-order valence-corrected chi connectivity index (χ1v) is 9.89. The van der Waals surface area contributed by atoms with Crippen LogP contribution in [-0.2, 0) is 11.3 Å². The highest BCUT2D eigenvalue weighted by Gasteiger charge is 2.23. The molecule has 2 aliphatic rings. The van der Waals surface area contributed by atoms with Crippen molar-refractivity contribution in [3.63, 3.8) is 0 Å². The summed E-state index contributed by atoms with van der Waals surface area (Å²) in [6.07, 6.45) is 7.17. The molecule has 0 N–H and O–H groups in total. The molecule has 2 aromatic heterocycles. The quantitative estimate of drug-likeness (QED) is 0.788. The molecular formula is C21H26N4O3. The average Bonchev–Trinajstić information content (AvgIpc) is 2.76. The molecule has 2 aromatic rings. The van der Waals surface area contributed by atoms with E-state index in [-0.39, 0.29) is 12.0 Å². The van der Waals surface area contributed by atoms with Gasteiger partial charge in [-0.05, 0) is 23.8 Å². The molecule has 0 saturated carbocycles. The van der Waals surface area contributed by atoms with E-state index in [9.17, 15) is 4.79 Å². The zero-order valence-electron chi connectivity index (χ0n) is 16.0. The molecule has 7 heteroatoms. The molecule has 7 nitrogen and oxygen atoms in total. The van der Waals surface area contributed by atoms with Crippen LogP contribution in [0.4, 0.5) is 0 Å². The summed E-state index contributed by atoms with van der Waals surface area (Å²) < 4.78 is 11.2. The second kappa shape index (κ2) is 9.12. The second-order valence-electron chi connectivity index (χ2n) is 7.24. The molecule has 4 heterocycles. The second-order valence-corrected chi connectivity index (χ2v) is 7.24. The van der Waals surface area contributed by atoms with Gasteiger partial charge in [0, 0.05) is 70.2 Å². The van der Waals surface area contributed by atoms with Crippen molar-refractivity contribution in [1.29, 1.82) is 0 Å². The van der Waals surface area contributed by atoms with Gasteiger partial charge in [0.05, 0.1) is 18.8 Å². The van der Waals surface area contributed by atoms with Crippen LogP contribution in [-0.4, -0.2) is 71.2 Å². The van der Waals surface area contributed by atoms with Crippen LogP contribution in [0, 0.1) is 0 Å². The molecule has 0 spiro atoms. The van der Waals surface area contributed by atoms with Gasteiger partial charge in [-0.15, -0.1) is 0 Å². The summed E-state index contributed by atoms with van der Waals surface area (Å²) in [4.78, 5) is 25.4. The number of amides is 1. The average molecular weight is 382 g/mol. The van der Waals surface area contributed by atoms with Crippen LogP contribution in [0.3, 0.4) is 0 Å². The van der Waals surface area contributed by atoms with E-state index in [1.54, 1.807) is 12.3 Å². The molecule has 28 heavy (non-hydrogen) atoms. The Morgan fingerprint density at radius 1 is 1.07 bits per heavy atom. The lowest BCUT2D eigenvalue weighted by atomic mass is 10.1. The van der Waals surface area contributed by atoms with Gasteiger partial charge in [-0.3, -0.25) is 14.7 Å². The number of pyridine rings is 2. The minimum Gasteiger partial charge on any atom is -0.474 e. The van der Waals surface area contributed by atoms with Crippen molar-refractivity contribution < 1.29 is 14.3 Å². The number of nitrogens with zero attached hydrogens (tertiary/aromatic N) is 4. The first-order chi connectivity index (χ1) is 13.8. The van der Waals surface area contributed by atoms with Gasteiger partial charge >= 0.3 is 0 Å². The summed E-state index contributed by atoms with van der Waals surface area (Å²) in [5.74, 6) is 0.610. The van der Waals surface area contributed by atoms with Crippen molar-refractivity contribution in [2.45, 2.75) is 25.5 Å². The van der Waals surface area contributed by atoms with Gasteiger partial charge in [-0.25, -0.2) is 4.98 Å². The number of ether oxygens (including phenoxy) is 2. The monoisotopic (exact) mass is 382 g/mol. The third kappa shape index (κ3) is 4.85. The van der Waals surface area contributed by atoms with E-state index in [1.165, 1.54) is 5.56 Å². The highest BCUT2D eigenvalue weighted by atomic mass is 16.5. The SMILES string of the molecule is O=C(c1ccc(OC2CCOCC2)nc1)N1CCN(Cc2ccncc2)CC1. The number of hydrogen-bond donors (Lipinski definition) is 0. The Morgan fingerprint density at radius 3 is 2.50 bits per heavy atom. The van der Waals surface area contributed by atoms with Crippen LogP contribution in [0.5, 0.6) is 5.88 Å². The zero-order valence-corrected chi connectivity index (χ0v) is 16.0. The minimum absolute atomic E-state index is 0.0358. The van der Waals surface area contributed by atoms with Crippen molar-refractivity contribution in [3.8, 4) is 5.88 Å². The number of carbonyl (C=O) groups is 1. The Bertz CT molecular complexity index is 755. The van der Waals surface area contributed by atoms with E-state index in [1.807, 2.05) is 35.5 Å². The van der Waals surface area contributed by atoms with Crippen LogP contribution >= 0.6 is 0 Å². The third-order valence-electron chi connectivity index (χ3n) is 5.25. The molecule has 2 aliphatic heterocycles. The molecule has 0 aliphatic carbocycles. The number of rotatable bonds is 5. The Balaban J connectivity index is 1.27. The van der Waals surface area contributed by atoms with Gasteiger partial charge in [0.15, 0.2) is 0 Å². The number of aromatic nitrogens is 2. The topological polar surface area (TPSA) is 67.8 Å². The van der Waals surface area contributed by atoms with Crippen molar-refractivity contribution >= 4 is 5.91 Å². The van der Waals surface area contributed by atoms with Gasteiger partial charge in [-0.2, -0.15) is 0 Å². The first-order valence-electron chi connectivity index (χ1n) is 9.89. The van der Waals surface area contributed by atoms with Crippen LogP contribution in [0.1, 0.15) is 28.8 Å². The maximum Gasteiger partial charge on any atom is 0.255 e. The van der Waals surface area contributed by atoms with E-state index in [2.05, 4.69) is 14.9 Å². The summed E-state index contributed by atoms with van der Waals surface area (Å²) in [5, 5.41) is 0. The summed E-state index contributed by atoms with van der Waals surface area (Å²) in [6.45, 7) is 5.54. The maximum absolute atomic E-state index is 12.8. The van der Waals surface area contributed by atoms with Crippen molar-refractivity contribution in [2.75, 3.05) is 39.4 Å². The fourth-order valence-electron chi connectivity index (χ4n) is 3.58. The Kier molecular flexibility index (Phi) is 6.14. The van der Waals surface area contributed by atoms with Gasteiger partial charge in [0.1, 0.15) is 6.10 Å². The molecule has 2 fully saturated rings. The van der Waals surface area contributed by atoms with Gasteiger partial charge in [-0.1, -0.05) is 0 Å². The highest BCUT2D eigenvalue weighted by molar-refractivity contribution is 5.94. The fraction of sp³-hybridized carbons (Fsp3) is 0.476. The van der Waals surface area contributed by atoms with Crippen LogP contribution in [0.15, 0.2) is 42.9 Å². The molecule has 2 saturated heterocycles. The summed E-state index contributed by atoms with van der Waals surface area (Å²) >= 11 is 0. The van der Waals surface area contributed by atoms with E-state index in [0.29, 0.717) is 11.4 Å². The smallest absolute Gasteiger partial charge is 0.255 e. The minimum atomic E-state index is 0.0358. The molecule has 0 unspecified atom stereocenters. The number of piperazine rings is 1. The summed E-state index contributed by atoms with van der Waals surface area (Å²) in [7, 11) is 0. The van der Waals surface area contributed by atoms with E-state index < -0.39 is 0 Å². The predicted molar refractivity (Wildman–Crippen MR) is 104 cm³/mol. The maximum atomic E-state index is 12.8. The number of hydrogen-bond acceptors (Lipinski definition) is 6. The Morgan fingerprint density at radius 2 is 1.82 bits per heavy atom. The first kappa shape index (κ1) is 18.8. The molecule has 0 radical (unpaired) electrons. The molecule has 0 aromatic carbocycles. The zero-order chi connectivity index (χ0) is 19.2. The molecule has 0 bridgehead atoms. The largest absolute Gasteiger partial charge is 0.474 e. The molecular weight excluding hydrogens is 356 g/mol.